The maximum absolute atomic E-state index is 12.1. The lowest BCUT2D eigenvalue weighted by Gasteiger charge is -2.18. The number of nitrogens with zero attached hydrogens (tertiary/aromatic N) is 1. The smallest absolute Gasteiger partial charge is 0.228 e. The summed E-state index contributed by atoms with van der Waals surface area (Å²) in [5, 5.41) is 2.82. The van der Waals surface area contributed by atoms with Crippen LogP contribution in [-0.4, -0.2) is 38.9 Å². The normalized spacial score (nSPS) is 24.2. The van der Waals surface area contributed by atoms with Crippen molar-refractivity contribution in [1.29, 1.82) is 0 Å². The molecule has 0 bridgehead atoms. The van der Waals surface area contributed by atoms with Crippen molar-refractivity contribution >= 4 is 27.1 Å². The fraction of sp³-hybridized carbons (Fsp3) is 0.533. The number of amides is 1. The van der Waals surface area contributed by atoms with Crippen molar-refractivity contribution in [3.8, 4) is 0 Å². The van der Waals surface area contributed by atoms with E-state index >= 15 is 0 Å². The highest BCUT2D eigenvalue weighted by molar-refractivity contribution is 7.91. The van der Waals surface area contributed by atoms with E-state index in [9.17, 15) is 13.2 Å². The number of anilines is 2. The lowest BCUT2D eigenvalue weighted by molar-refractivity contribution is -0.119. The number of carbonyl (C=O) groups excluding carboxylic acids is 1. The Hall–Kier alpha value is -1.56. The molecule has 2 fully saturated rings. The molecule has 114 valence electrons. The Morgan fingerprint density at radius 3 is 2.38 bits per heavy atom. The average Bonchev–Trinajstić information content (AvgIpc) is 3.09. The lowest BCUT2D eigenvalue weighted by Crippen LogP contribution is -2.23. The van der Waals surface area contributed by atoms with Crippen molar-refractivity contribution in [3.63, 3.8) is 0 Å². The van der Waals surface area contributed by atoms with Gasteiger partial charge in [-0.2, -0.15) is 0 Å². The van der Waals surface area contributed by atoms with Gasteiger partial charge in [-0.3, -0.25) is 4.79 Å². The molecular weight excluding hydrogens is 288 g/mol. The standard InChI is InChI=1S/C15H20N2O3S/c18-15(12-7-10-21(19,20)11-12)16-13-3-5-14(6-4-13)17-8-1-2-9-17/h3-6,12H,1-2,7-11H2,(H,16,18)/t12-/m0/s1. The van der Waals surface area contributed by atoms with E-state index in [1.54, 1.807) is 0 Å². The Labute approximate surface area is 125 Å². The summed E-state index contributed by atoms with van der Waals surface area (Å²) in [6.45, 7) is 2.18. The molecule has 2 saturated heterocycles. The van der Waals surface area contributed by atoms with Crippen LogP contribution in [0.4, 0.5) is 11.4 Å². The molecule has 21 heavy (non-hydrogen) atoms. The van der Waals surface area contributed by atoms with E-state index in [4.69, 9.17) is 0 Å². The molecule has 0 saturated carbocycles. The first-order valence-electron chi connectivity index (χ1n) is 7.40. The summed E-state index contributed by atoms with van der Waals surface area (Å²) < 4.78 is 22.8. The Morgan fingerprint density at radius 1 is 1.14 bits per heavy atom. The molecule has 1 N–H and O–H groups in total. The number of rotatable bonds is 3. The van der Waals surface area contributed by atoms with E-state index < -0.39 is 15.8 Å². The van der Waals surface area contributed by atoms with Crippen LogP contribution in [0, 0.1) is 5.92 Å². The largest absolute Gasteiger partial charge is 0.372 e. The zero-order chi connectivity index (χ0) is 14.9. The number of nitrogens with one attached hydrogen (secondary N) is 1. The van der Waals surface area contributed by atoms with Gasteiger partial charge in [-0.1, -0.05) is 0 Å². The van der Waals surface area contributed by atoms with E-state index in [2.05, 4.69) is 10.2 Å². The summed E-state index contributed by atoms with van der Waals surface area (Å²) in [4.78, 5) is 14.4. The van der Waals surface area contributed by atoms with Crippen molar-refractivity contribution < 1.29 is 13.2 Å². The van der Waals surface area contributed by atoms with Crippen LogP contribution < -0.4 is 10.2 Å². The minimum Gasteiger partial charge on any atom is -0.372 e. The zero-order valence-electron chi connectivity index (χ0n) is 11.9. The van der Waals surface area contributed by atoms with E-state index in [1.165, 1.54) is 18.5 Å². The molecule has 1 aromatic rings. The molecule has 0 aliphatic carbocycles. The highest BCUT2D eigenvalue weighted by atomic mass is 32.2. The van der Waals surface area contributed by atoms with Crippen molar-refractivity contribution in [3.05, 3.63) is 24.3 Å². The lowest BCUT2D eigenvalue weighted by atomic mass is 10.1. The van der Waals surface area contributed by atoms with Gasteiger partial charge in [0, 0.05) is 24.5 Å². The van der Waals surface area contributed by atoms with Gasteiger partial charge in [0.2, 0.25) is 5.91 Å². The van der Waals surface area contributed by atoms with Gasteiger partial charge >= 0.3 is 0 Å². The fourth-order valence-electron chi connectivity index (χ4n) is 2.98. The van der Waals surface area contributed by atoms with Gasteiger partial charge in [0.1, 0.15) is 0 Å². The summed E-state index contributed by atoms with van der Waals surface area (Å²) in [6.07, 6.45) is 2.89. The van der Waals surface area contributed by atoms with Gasteiger partial charge < -0.3 is 10.2 Å². The number of sulfone groups is 1. The first-order valence-corrected chi connectivity index (χ1v) is 9.22. The molecule has 0 spiro atoms. The quantitative estimate of drug-likeness (QED) is 0.922. The van der Waals surface area contributed by atoms with E-state index in [-0.39, 0.29) is 17.4 Å². The molecule has 0 radical (unpaired) electrons. The monoisotopic (exact) mass is 308 g/mol. The highest BCUT2D eigenvalue weighted by Crippen LogP contribution is 2.24. The van der Waals surface area contributed by atoms with Gasteiger partial charge in [-0.25, -0.2) is 8.42 Å². The maximum Gasteiger partial charge on any atom is 0.228 e. The zero-order valence-corrected chi connectivity index (χ0v) is 12.7. The second-order valence-corrected chi connectivity index (χ2v) is 8.06. The van der Waals surface area contributed by atoms with Crippen molar-refractivity contribution in [1.82, 2.24) is 0 Å². The SMILES string of the molecule is O=C(Nc1ccc(N2CCCC2)cc1)[C@H]1CCS(=O)(=O)C1. The highest BCUT2D eigenvalue weighted by Gasteiger charge is 2.32. The molecule has 5 nitrogen and oxygen atoms in total. The molecule has 2 heterocycles. The Balaban J connectivity index is 1.61. The topological polar surface area (TPSA) is 66.5 Å². The average molecular weight is 308 g/mol. The van der Waals surface area contributed by atoms with Crippen LogP contribution in [0.25, 0.3) is 0 Å². The molecule has 0 unspecified atom stereocenters. The predicted molar refractivity (Wildman–Crippen MR) is 83.3 cm³/mol. The first-order chi connectivity index (χ1) is 10.0. The van der Waals surface area contributed by atoms with Crippen LogP contribution in [0.1, 0.15) is 19.3 Å². The summed E-state index contributed by atoms with van der Waals surface area (Å²) in [5.41, 5.74) is 1.90. The third-order valence-corrected chi connectivity index (χ3v) is 5.98. The molecular formula is C15H20N2O3S. The van der Waals surface area contributed by atoms with Crippen LogP contribution in [-0.2, 0) is 14.6 Å². The van der Waals surface area contributed by atoms with Gasteiger partial charge in [0.05, 0.1) is 17.4 Å². The minimum absolute atomic E-state index is 0.0231. The third-order valence-electron chi connectivity index (χ3n) is 4.21. The molecule has 1 aromatic carbocycles. The minimum atomic E-state index is -3.02. The van der Waals surface area contributed by atoms with Crippen molar-refractivity contribution in [2.75, 3.05) is 34.8 Å². The van der Waals surface area contributed by atoms with Crippen molar-refractivity contribution in [2.45, 2.75) is 19.3 Å². The third kappa shape index (κ3) is 3.37. The van der Waals surface area contributed by atoms with E-state index in [1.807, 2.05) is 24.3 Å². The van der Waals surface area contributed by atoms with E-state index in [0.717, 1.165) is 18.8 Å². The van der Waals surface area contributed by atoms with Crippen LogP contribution in [0.2, 0.25) is 0 Å². The molecule has 1 atom stereocenters. The van der Waals surface area contributed by atoms with Gasteiger partial charge in [-0.15, -0.1) is 0 Å². The molecule has 1 amide bonds. The van der Waals surface area contributed by atoms with Gasteiger partial charge in [-0.05, 0) is 43.5 Å². The summed E-state index contributed by atoms with van der Waals surface area (Å²) >= 11 is 0. The first kappa shape index (κ1) is 14.4. The number of hydrogen-bond donors (Lipinski definition) is 1. The predicted octanol–water partition coefficient (Wildman–Crippen LogP) is 1.66. The van der Waals surface area contributed by atoms with Crippen LogP contribution in [0.5, 0.6) is 0 Å². The van der Waals surface area contributed by atoms with E-state index in [0.29, 0.717) is 6.42 Å². The second kappa shape index (κ2) is 5.67. The fourth-order valence-corrected chi connectivity index (χ4v) is 4.72. The summed E-state index contributed by atoms with van der Waals surface area (Å²) in [7, 11) is -3.02. The van der Waals surface area contributed by atoms with Gasteiger partial charge in [0.15, 0.2) is 9.84 Å². The number of carbonyl (C=O) groups is 1. The molecule has 6 heteroatoms. The Morgan fingerprint density at radius 2 is 1.81 bits per heavy atom. The molecule has 2 aliphatic heterocycles. The molecule has 3 rings (SSSR count). The number of hydrogen-bond acceptors (Lipinski definition) is 4. The maximum atomic E-state index is 12.1. The Kier molecular flexibility index (Phi) is 3.89. The summed E-state index contributed by atoms with van der Waals surface area (Å²) in [5.74, 6) is -0.498. The number of benzene rings is 1. The van der Waals surface area contributed by atoms with Gasteiger partial charge in [0.25, 0.3) is 0 Å². The van der Waals surface area contributed by atoms with Crippen LogP contribution in [0.15, 0.2) is 24.3 Å². The second-order valence-electron chi connectivity index (χ2n) is 5.83. The molecule has 0 aromatic heterocycles. The van der Waals surface area contributed by atoms with Crippen LogP contribution in [0.3, 0.4) is 0 Å². The molecule has 2 aliphatic rings. The summed E-state index contributed by atoms with van der Waals surface area (Å²) in [6, 6.07) is 7.78. The Bertz CT molecular complexity index is 619. The van der Waals surface area contributed by atoms with Crippen LogP contribution >= 0.6 is 0 Å². The van der Waals surface area contributed by atoms with Crippen molar-refractivity contribution in [2.24, 2.45) is 5.92 Å².